The average molecular weight is 411 g/mol. The molecule has 2 aromatic carbocycles. The highest BCUT2D eigenvalue weighted by atomic mass is 16.5. The third-order valence-electron chi connectivity index (χ3n) is 5.67. The molecule has 4 aromatic rings. The molecule has 2 unspecified atom stereocenters. The minimum atomic E-state index is -0.953. The van der Waals surface area contributed by atoms with Crippen molar-refractivity contribution < 1.29 is 14.6 Å². The van der Waals surface area contributed by atoms with Crippen LogP contribution in [0.4, 0.5) is 0 Å². The third kappa shape index (κ3) is 3.97. The summed E-state index contributed by atoms with van der Waals surface area (Å²) in [4.78, 5) is 24.7. The van der Waals surface area contributed by atoms with Gasteiger partial charge in [-0.25, -0.2) is 9.78 Å². The zero-order valence-corrected chi connectivity index (χ0v) is 17.0. The Hall–Kier alpha value is -3.80. The van der Waals surface area contributed by atoms with Crippen LogP contribution in [0, 0.1) is 12.8 Å². The summed E-state index contributed by atoms with van der Waals surface area (Å²) in [5.41, 5.74) is 3.94. The quantitative estimate of drug-likeness (QED) is 0.487. The molecule has 0 saturated heterocycles. The van der Waals surface area contributed by atoms with Gasteiger partial charge in [-0.1, -0.05) is 36.4 Å². The molecule has 1 aliphatic carbocycles. The van der Waals surface area contributed by atoms with Gasteiger partial charge in [0.2, 0.25) is 5.88 Å². The van der Waals surface area contributed by atoms with Crippen LogP contribution in [0.2, 0.25) is 0 Å². The van der Waals surface area contributed by atoms with Gasteiger partial charge in [-0.05, 0) is 43.2 Å². The maximum absolute atomic E-state index is 11.1. The lowest BCUT2D eigenvalue weighted by Gasteiger charge is -2.11. The first-order valence-electron chi connectivity index (χ1n) is 10.2. The van der Waals surface area contributed by atoms with Crippen molar-refractivity contribution in [1.82, 2.24) is 15.0 Å². The summed E-state index contributed by atoms with van der Waals surface area (Å²) in [6.45, 7) is 2.37. The lowest BCUT2D eigenvalue weighted by atomic mass is 10.1. The maximum Gasteiger partial charge on any atom is 0.335 e. The van der Waals surface area contributed by atoms with Gasteiger partial charge in [0.15, 0.2) is 0 Å². The number of hydrogen-bond donors (Lipinski definition) is 1. The Bertz CT molecular complexity index is 1270. The van der Waals surface area contributed by atoms with Crippen LogP contribution in [0.1, 0.15) is 34.2 Å². The first kappa shape index (κ1) is 19.2. The van der Waals surface area contributed by atoms with E-state index in [1.807, 2.05) is 25.1 Å². The summed E-state index contributed by atoms with van der Waals surface area (Å²) in [6, 6.07) is 19.0. The molecule has 1 saturated carbocycles. The number of aryl methyl sites for hydroxylation is 1. The lowest BCUT2D eigenvalue weighted by Crippen LogP contribution is -2.06. The average Bonchev–Trinajstić information content (AvgIpc) is 3.57. The first-order chi connectivity index (χ1) is 15.1. The van der Waals surface area contributed by atoms with Gasteiger partial charge in [0.05, 0.1) is 23.3 Å². The summed E-state index contributed by atoms with van der Waals surface area (Å²) in [5, 5.41) is 10.3. The zero-order valence-electron chi connectivity index (χ0n) is 17.0. The number of para-hydroxylation sites is 1. The standard InChI is InChI=1S/C25H21N3O3/c1-15-26-13-21(16-6-8-18(9-7-16)25(29)30)24(27-15)31-14-19-12-20(19)23-11-10-17-4-2-3-5-22(17)28-23/h2-11,13,19-20H,12,14H2,1H3,(H,29,30). The Balaban J connectivity index is 1.31. The largest absolute Gasteiger partial charge is 0.478 e. The van der Waals surface area contributed by atoms with Gasteiger partial charge in [0.25, 0.3) is 0 Å². The summed E-state index contributed by atoms with van der Waals surface area (Å²) in [5.74, 6) is 0.986. The van der Waals surface area contributed by atoms with E-state index in [2.05, 4.69) is 28.2 Å². The molecule has 0 amide bonds. The SMILES string of the molecule is Cc1ncc(-c2ccc(C(=O)O)cc2)c(OCC2CC2c2ccc3ccccc3n2)n1. The fraction of sp³-hybridized carbons (Fsp3) is 0.200. The predicted octanol–water partition coefficient (Wildman–Crippen LogP) is 4.88. The molecule has 2 aromatic heterocycles. The van der Waals surface area contributed by atoms with Crippen molar-refractivity contribution in [1.29, 1.82) is 0 Å². The first-order valence-corrected chi connectivity index (χ1v) is 10.2. The Kier molecular flexibility index (Phi) is 4.82. The van der Waals surface area contributed by atoms with Crippen molar-refractivity contribution >= 4 is 16.9 Å². The highest BCUT2D eigenvalue weighted by Crippen LogP contribution is 2.47. The number of ether oxygens (including phenoxy) is 1. The monoisotopic (exact) mass is 411 g/mol. The molecule has 0 aliphatic heterocycles. The van der Waals surface area contributed by atoms with Crippen molar-refractivity contribution in [2.45, 2.75) is 19.3 Å². The topological polar surface area (TPSA) is 85.2 Å². The van der Waals surface area contributed by atoms with Crippen LogP contribution >= 0.6 is 0 Å². The molecule has 5 rings (SSSR count). The maximum atomic E-state index is 11.1. The molecule has 0 radical (unpaired) electrons. The number of fused-ring (bicyclic) bond motifs is 1. The van der Waals surface area contributed by atoms with Gasteiger partial charge >= 0.3 is 5.97 Å². The fourth-order valence-electron chi connectivity index (χ4n) is 3.82. The zero-order chi connectivity index (χ0) is 21.4. The summed E-state index contributed by atoms with van der Waals surface area (Å²) in [6.07, 6.45) is 2.76. The third-order valence-corrected chi connectivity index (χ3v) is 5.67. The number of carboxylic acid groups (broad SMARTS) is 1. The van der Waals surface area contributed by atoms with Crippen molar-refractivity contribution in [2.24, 2.45) is 5.92 Å². The van der Waals surface area contributed by atoms with Gasteiger partial charge in [-0.2, -0.15) is 4.98 Å². The molecule has 1 aliphatic rings. The number of aromatic carboxylic acids is 1. The number of aromatic nitrogens is 3. The van der Waals surface area contributed by atoms with E-state index in [1.54, 1.807) is 30.5 Å². The van der Waals surface area contributed by atoms with E-state index in [4.69, 9.17) is 14.8 Å². The van der Waals surface area contributed by atoms with Crippen molar-refractivity contribution in [3.05, 3.63) is 83.9 Å². The van der Waals surface area contributed by atoms with Gasteiger partial charge in [-0.15, -0.1) is 0 Å². The highest BCUT2D eigenvalue weighted by molar-refractivity contribution is 5.88. The van der Waals surface area contributed by atoms with Crippen LogP contribution < -0.4 is 4.74 Å². The van der Waals surface area contributed by atoms with Crippen LogP contribution in [0.5, 0.6) is 5.88 Å². The number of pyridine rings is 1. The van der Waals surface area contributed by atoms with Crippen molar-refractivity contribution in [3.63, 3.8) is 0 Å². The van der Waals surface area contributed by atoms with Gasteiger partial charge in [0.1, 0.15) is 5.82 Å². The number of carboxylic acids is 1. The van der Waals surface area contributed by atoms with Crippen LogP contribution in [0.15, 0.2) is 66.9 Å². The van der Waals surface area contributed by atoms with E-state index in [-0.39, 0.29) is 5.56 Å². The molecule has 1 N–H and O–H groups in total. The van der Waals surface area contributed by atoms with Gasteiger partial charge < -0.3 is 9.84 Å². The predicted molar refractivity (Wildman–Crippen MR) is 117 cm³/mol. The molecule has 2 heterocycles. The molecule has 6 nitrogen and oxygen atoms in total. The van der Waals surface area contributed by atoms with Crippen LogP contribution in [-0.2, 0) is 0 Å². The Morgan fingerprint density at radius 3 is 2.68 bits per heavy atom. The van der Waals surface area contributed by atoms with E-state index in [9.17, 15) is 4.79 Å². The van der Waals surface area contributed by atoms with Gasteiger partial charge in [0, 0.05) is 29.1 Å². The molecular weight excluding hydrogens is 390 g/mol. The summed E-state index contributed by atoms with van der Waals surface area (Å²) in [7, 11) is 0. The van der Waals surface area contributed by atoms with E-state index < -0.39 is 5.97 Å². The second kappa shape index (κ2) is 7.80. The number of carbonyl (C=O) groups is 1. The molecule has 0 spiro atoms. The Morgan fingerprint density at radius 2 is 1.87 bits per heavy atom. The number of nitrogens with zero attached hydrogens (tertiary/aromatic N) is 3. The van der Waals surface area contributed by atoms with Crippen molar-refractivity contribution in [3.8, 4) is 17.0 Å². The Morgan fingerprint density at radius 1 is 1.06 bits per heavy atom. The molecule has 154 valence electrons. The summed E-state index contributed by atoms with van der Waals surface area (Å²) < 4.78 is 6.12. The van der Waals surface area contributed by atoms with E-state index in [0.717, 1.165) is 34.1 Å². The lowest BCUT2D eigenvalue weighted by molar-refractivity contribution is 0.0697. The molecule has 6 heteroatoms. The minimum Gasteiger partial charge on any atom is -0.478 e. The van der Waals surface area contributed by atoms with E-state index in [1.165, 1.54) is 0 Å². The number of rotatable bonds is 6. The van der Waals surface area contributed by atoms with Gasteiger partial charge in [-0.3, -0.25) is 4.98 Å². The molecular formula is C25H21N3O3. The Labute approximate surface area is 179 Å². The fourth-order valence-corrected chi connectivity index (χ4v) is 3.82. The second-order valence-corrected chi connectivity index (χ2v) is 7.86. The minimum absolute atomic E-state index is 0.239. The van der Waals surface area contributed by atoms with E-state index >= 15 is 0 Å². The van der Waals surface area contributed by atoms with Crippen LogP contribution in [0.25, 0.3) is 22.0 Å². The summed E-state index contributed by atoms with van der Waals surface area (Å²) >= 11 is 0. The van der Waals surface area contributed by atoms with Crippen LogP contribution in [-0.4, -0.2) is 32.6 Å². The van der Waals surface area contributed by atoms with E-state index in [0.29, 0.717) is 30.1 Å². The molecule has 31 heavy (non-hydrogen) atoms. The highest BCUT2D eigenvalue weighted by Gasteiger charge is 2.40. The second-order valence-electron chi connectivity index (χ2n) is 7.86. The van der Waals surface area contributed by atoms with Crippen molar-refractivity contribution in [2.75, 3.05) is 6.61 Å². The normalized spacial score (nSPS) is 17.5. The molecule has 1 fully saturated rings. The molecule has 0 bridgehead atoms. The number of benzene rings is 2. The molecule has 2 atom stereocenters. The smallest absolute Gasteiger partial charge is 0.335 e. The van der Waals surface area contributed by atoms with Crippen LogP contribution in [0.3, 0.4) is 0 Å². The number of hydrogen-bond acceptors (Lipinski definition) is 5.